The molecule has 0 aliphatic rings. The van der Waals surface area contributed by atoms with E-state index in [1.54, 1.807) is 0 Å². The van der Waals surface area contributed by atoms with Crippen molar-refractivity contribution < 1.29 is 4.42 Å². The van der Waals surface area contributed by atoms with Crippen molar-refractivity contribution in [2.45, 2.75) is 40.5 Å². The van der Waals surface area contributed by atoms with E-state index in [1.807, 2.05) is 48.5 Å². The lowest BCUT2D eigenvalue weighted by atomic mass is 9.91. The molecule has 61 heavy (non-hydrogen) atoms. The Kier molecular flexibility index (Phi) is 11.0. The van der Waals surface area contributed by atoms with Gasteiger partial charge in [0.15, 0.2) is 0 Å². The van der Waals surface area contributed by atoms with Gasteiger partial charge >= 0.3 is 0 Å². The van der Waals surface area contributed by atoms with E-state index in [-0.39, 0.29) is 0 Å². The first-order valence-corrected chi connectivity index (χ1v) is 21.5. The third-order valence-corrected chi connectivity index (χ3v) is 11.7. The van der Waals surface area contributed by atoms with Crippen LogP contribution in [0.2, 0.25) is 0 Å². The van der Waals surface area contributed by atoms with Crippen molar-refractivity contribution in [3.8, 4) is 33.4 Å². The summed E-state index contributed by atoms with van der Waals surface area (Å²) in [6, 6.07) is 68.7. The number of rotatable bonds is 6. The van der Waals surface area contributed by atoms with Crippen LogP contribution in [0.25, 0.3) is 87.6 Å². The predicted molar refractivity (Wildman–Crippen MR) is 263 cm³/mol. The number of fused-ring (bicyclic) bond motifs is 4. The molecule has 0 unspecified atom stereocenters. The maximum absolute atomic E-state index is 8.39. The molecule has 0 radical (unpaired) electrons. The van der Waals surface area contributed by atoms with Gasteiger partial charge in [0.05, 0.1) is 5.71 Å². The summed E-state index contributed by atoms with van der Waals surface area (Å²) in [7, 11) is 0. The Bertz CT molecular complexity index is 3320. The van der Waals surface area contributed by atoms with Crippen molar-refractivity contribution in [1.29, 1.82) is 5.41 Å². The molecule has 0 saturated heterocycles. The van der Waals surface area contributed by atoms with E-state index < -0.39 is 0 Å². The molecule has 0 saturated carbocycles. The van der Waals surface area contributed by atoms with Crippen LogP contribution < -0.4 is 0 Å². The molecule has 1 aromatic heterocycles. The topological polar surface area (TPSA) is 37.0 Å². The van der Waals surface area contributed by atoms with E-state index in [2.05, 4.69) is 173 Å². The predicted octanol–water partition coefficient (Wildman–Crippen LogP) is 16.9. The molecule has 10 aromatic carbocycles. The largest absolute Gasteiger partial charge is 0.456 e. The Balaban J connectivity index is 0.000000181. The molecule has 0 amide bonds. The fraction of sp³-hybridized carbons (Fsp3) is 0.102. The zero-order valence-corrected chi connectivity index (χ0v) is 35.3. The van der Waals surface area contributed by atoms with Crippen molar-refractivity contribution in [3.63, 3.8) is 0 Å². The van der Waals surface area contributed by atoms with Crippen LogP contribution in [0.4, 0.5) is 0 Å². The van der Waals surface area contributed by atoms with Gasteiger partial charge in [-0.1, -0.05) is 191 Å². The Morgan fingerprint density at radius 1 is 0.426 bits per heavy atom. The summed E-state index contributed by atoms with van der Waals surface area (Å²) in [5.74, 6) is 0. The van der Waals surface area contributed by atoms with Crippen molar-refractivity contribution >= 4 is 60.0 Å². The van der Waals surface area contributed by atoms with Gasteiger partial charge in [-0.25, -0.2) is 0 Å². The first kappa shape index (κ1) is 39.2. The molecule has 0 aliphatic carbocycles. The summed E-state index contributed by atoms with van der Waals surface area (Å²) in [5.41, 5.74) is 14.4. The Morgan fingerprint density at radius 2 is 0.934 bits per heavy atom. The van der Waals surface area contributed by atoms with Gasteiger partial charge in [0.2, 0.25) is 0 Å². The molecule has 296 valence electrons. The Hall–Kier alpha value is -7.29. The van der Waals surface area contributed by atoms with Crippen molar-refractivity contribution in [2.24, 2.45) is 0 Å². The highest BCUT2D eigenvalue weighted by molar-refractivity contribution is 6.33. The molecule has 11 aromatic rings. The van der Waals surface area contributed by atoms with E-state index in [4.69, 9.17) is 9.83 Å². The van der Waals surface area contributed by atoms with Crippen molar-refractivity contribution in [1.82, 2.24) is 0 Å². The second-order valence-electron chi connectivity index (χ2n) is 15.8. The average molecular weight is 788 g/mol. The third-order valence-electron chi connectivity index (χ3n) is 11.7. The van der Waals surface area contributed by atoms with Crippen molar-refractivity contribution in [2.75, 3.05) is 0 Å². The smallest absolute Gasteiger partial charge is 0.136 e. The van der Waals surface area contributed by atoms with Gasteiger partial charge in [-0.2, -0.15) is 0 Å². The summed E-state index contributed by atoms with van der Waals surface area (Å²) in [5, 5.41) is 18.3. The quantitative estimate of drug-likeness (QED) is 0.132. The van der Waals surface area contributed by atoms with E-state index in [1.165, 1.54) is 94.0 Å². The number of furan rings is 1. The number of hydrogen-bond acceptors (Lipinski definition) is 2. The lowest BCUT2D eigenvalue weighted by molar-refractivity contribution is 0.669. The molecule has 2 nitrogen and oxygen atoms in total. The number of nitrogens with one attached hydrogen (secondary N) is 1. The van der Waals surface area contributed by atoms with Gasteiger partial charge in [-0.05, 0) is 121 Å². The van der Waals surface area contributed by atoms with Crippen LogP contribution in [-0.2, 0) is 6.42 Å². The maximum Gasteiger partial charge on any atom is 0.136 e. The number of benzene rings is 10. The monoisotopic (exact) mass is 787 g/mol. The minimum Gasteiger partial charge on any atom is -0.456 e. The fourth-order valence-electron chi connectivity index (χ4n) is 8.68. The normalized spacial score (nSPS) is 11.1. The molecular weight excluding hydrogens is 739 g/mol. The molecule has 0 aliphatic heterocycles. The van der Waals surface area contributed by atoms with E-state index >= 15 is 0 Å². The fourth-order valence-corrected chi connectivity index (χ4v) is 8.68. The molecule has 0 atom stereocenters. The van der Waals surface area contributed by atoms with Crippen LogP contribution in [0.1, 0.15) is 49.4 Å². The number of aryl methyl sites for hydroxylation is 2. The van der Waals surface area contributed by atoms with E-state index in [0.717, 1.165) is 28.7 Å². The SMILES string of the molecule is CCC.CCc1cccc(-c2cccc(-c3cccc(-c4ccc5c(c4)c4cccc6oc7cccc5c7c64)c3)c2)c1.Cc1c(C(=N)c2ccccc2)ccc2ccccc12. The molecule has 0 bridgehead atoms. The third kappa shape index (κ3) is 7.58. The maximum atomic E-state index is 8.39. The van der Waals surface area contributed by atoms with Gasteiger partial charge in [0, 0.05) is 21.9 Å². The molecule has 2 heteroatoms. The first-order valence-electron chi connectivity index (χ1n) is 21.5. The molecule has 11 rings (SSSR count). The summed E-state index contributed by atoms with van der Waals surface area (Å²) in [4.78, 5) is 0. The van der Waals surface area contributed by atoms with Crippen LogP contribution >= 0.6 is 0 Å². The molecule has 1 heterocycles. The standard InChI is InChI=1S/C38H26O.C18H15N.C3H8/c1-2-24-8-3-9-25(20-24)26-10-4-11-27(21-26)28-12-5-13-29(22-28)30-18-19-31-32-14-6-16-35-37(32)38-33(34(31)23-30)15-7-17-36(38)39-35;1-13-16-10-6-5-7-14(16)11-12-17(13)18(19)15-8-3-2-4-9-15;1-3-2/h3-23H,2H2,1H3;2-12,19H,1H3;3H2,1-2H3. The van der Waals surface area contributed by atoms with Gasteiger partial charge in [0.25, 0.3) is 0 Å². The molecule has 0 spiro atoms. The zero-order valence-electron chi connectivity index (χ0n) is 35.3. The van der Waals surface area contributed by atoms with Gasteiger partial charge in [0.1, 0.15) is 11.2 Å². The Morgan fingerprint density at radius 3 is 1.56 bits per heavy atom. The van der Waals surface area contributed by atoms with Gasteiger partial charge in [-0.15, -0.1) is 0 Å². The minimum atomic E-state index is 0.587. The molecule has 1 N–H and O–H groups in total. The van der Waals surface area contributed by atoms with Crippen LogP contribution in [0.15, 0.2) is 199 Å². The second kappa shape index (κ2) is 17.1. The summed E-state index contributed by atoms with van der Waals surface area (Å²) < 4.78 is 6.22. The molecular formula is C59H49NO. The summed E-state index contributed by atoms with van der Waals surface area (Å²) >= 11 is 0. The van der Waals surface area contributed by atoms with Crippen LogP contribution in [0.5, 0.6) is 0 Å². The zero-order chi connectivity index (χ0) is 41.9. The summed E-state index contributed by atoms with van der Waals surface area (Å²) in [6.07, 6.45) is 2.29. The lowest BCUT2D eigenvalue weighted by Gasteiger charge is -2.12. The summed E-state index contributed by atoms with van der Waals surface area (Å²) in [6.45, 7) is 8.55. The van der Waals surface area contributed by atoms with Crippen LogP contribution in [0, 0.1) is 12.3 Å². The molecule has 0 fully saturated rings. The highest BCUT2D eigenvalue weighted by atomic mass is 16.3. The Labute approximate surface area is 358 Å². The number of hydrogen-bond donors (Lipinski definition) is 1. The van der Waals surface area contributed by atoms with E-state index in [9.17, 15) is 0 Å². The second-order valence-corrected chi connectivity index (χ2v) is 15.8. The van der Waals surface area contributed by atoms with Gasteiger partial charge in [-0.3, -0.25) is 5.41 Å². The van der Waals surface area contributed by atoms with Crippen molar-refractivity contribution in [3.05, 3.63) is 216 Å². The van der Waals surface area contributed by atoms with Crippen LogP contribution in [0.3, 0.4) is 0 Å². The average Bonchev–Trinajstić information content (AvgIpc) is 3.72. The lowest BCUT2D eigenvalue weighted by Crippen LogP contribution is -2.03. The van der Waals surface area contributed by atoms with Crippen LogP contribution in [-0.4, -0.2) is 5.71 Å². The van der Waals surface area contributed by atoms with Gasteiger partial charge < -0.3 is 4.42 Å². The highest BCUT2D eigenvalue weighted by Crippen LogP contribution is 2.43. The first-order chi connectivity index (χ1) is 29.9. The van der Waals surface area contributed by atoms with E-state index in [0.29, 0.717) is 5.71 Å². The minimum absolute atomic E-state index is 0.587. The highest BCUT2D eigenvalue weighted by Gasteiger charge is 2.17.